The van der Waals surface area contributed by atoms with Crippen molar-refractivity contribution in [3.63, 3.8) is 0 Å². The van der Waals surface area contributed by atoms with E-state index in [0.29, 0.717) is 26.5 Å². The number of aliphatic hydroxyl groups excluding tert-OH is 1. The Bertz CT molecular complexity index is 604. The van der Waals surface area contributed by atoms with Crippen LogP contribution in [0, 0.1) is 5.82 Å². The van der Waals surface area contributed by atoms with Gasteiger partial charge in [0, 0.05) is 10.9 Å². The van der Waals surface area contributed by atoms with Gasteiger partial charge in [-0.2, -0.15) is 0 Å². The summed E-state index contributed by atoms with van der Waals surface area (Å²) in [6.07, 6.45) is -0.485. The fourth-order valence-electron chi connectivity index (χ4n) is 1.77. The molecule has 1 nitrogen and oxygen atoms in total. The van der Waals surface area contributed by atoms with E-state index < -0.39 is 6.10 Å². The van der Waals surface area contributed by atoms with Crippen LogP contribution in [-0.2, 0) is 6.42 Å². The van der Waals surface area contributed by atoms with Crippen molar-refractivity contribution in [2.75, 3.05) is 0 Å². The van der Waals surface area contributed by atoms with Crippen LogP contribution in [0.2, 0.25) is 10.0 Å². The summed E-state index contributed by atoms with van der Waals surface area (Å²) in [6, 6.07) is 9.37. The predicted molar refractivity (Wildman–Crippen MR) is 79.2 cm³/mol. The fraction of sp³-hybridized carbons (Fsp3) is 0.143. The molecule has 0 amide bonds. The minimum atomic E-state index is -0.817. The van der Waals surface area contributed by atoms with E-state index in [2.05, 4.69) is 15.9 Å². The maximum Gasteiger partial charge on any atom is 0.123 e. The van der Waals surface area contributed by atoms with E-state index in [1.165, 1.54) is 12.1 Å². The average Bonchev–Trinajstić information content (AvgIpc) is 2.36. The Kier molecular flexibility index (Phi) is 4.85. The predicted octanol–water partition coefficient (Wildman–Crippen LogP) is 5.17. The van der Waals surface area contributed by atoms with Crippen molar-refractivity contribution in [3.8, 4) is 0 Å². The number of hydrogen-bond donors (Lipinski definition) is 1. The second-order valence-corrected chi connectivity index (χ2v) is 5.80. The summed E-state index contributed by atoms with van der Waals surface area (Å²) in [5.41, 5.74) is 1.34. The van der Waals surface area contributed by atoms with Crippen LogP contribution in [0.3, 0.4) is 0 Å². The van der Waals surface area contributed by atoms with Crippen molar-refractivity contribution in [1.82, 2.24) is 0 Å². The third kappa shape index (κ3) is 3.69. The maximum absolute atomic E-state index is 13.2. The molecule has 2 rings (SSSR count). The van der Waals surface area contributed by atoms with Crippen molar-refractivity contribution in [2.45, 2.75) is 12.5 Å². The molecule has 0 aromatic heterocycles. The molecule has 0 fully saturated rings. The van der Waals surface area contributed by atoms with Crippen molar-refractivity contribution in [1.29, 1.82) is 0 Å². The number of aliphatic hydroxyl groups is 1. The Morgan fingerprint density at radius 2 is 1.84 bits per heavy atom. The zero-order valence-corrected chi connectivity index (χ0v) is 12.8. The topological polar surface area (TPSA) is 20.2 Å². The first kappa shape index (κ1) is 14.8. The van der Waals surface area contributed by atoms with Crippen LogP contribution in [-0.4, -0.2) is 5.11 Å². The number of benzene rings is 2. The normalized spacial score (nSPS) is 12.5. The van der Waals surface area contributed by atoms with Gasteiger partial charge in [-0.3, -0.25) is 0 Å². The van der Waals surface area contributed by atoms with Gasteiger partial charge >= 0.3 is 0 Å². The highest BCUT2D eigenvalue weighted by molar-refractivity contribution is 9.10. The molecule has 5 heteroatoms. The molecule has 0 aliphatic heterocycles. The molecule has 2 aromatic rings. The minimum Gasteiger partial charge on any atom is -0.388 e. The number of halogens is 4. The van der Waals surface area contributed by atoms with Crippen LogP contribution >= 0.6 is 39.1 Å². The molecule has 100 valence electrons. The van der Waals surface area contributed by atoms with Crippen molar-refractivity contribution >= 4 is 39.1 Å². The first-order chi connectivity index (χ1) is 8.97. The summed E-state index contributed by atoms with van der Waals surface area (Å²) >= 11 is 15.0. The minimum absolute atomic E-state index is 0.332. The van der Waals surface area contributed by atoms with Gasteiger partial charge in [0.25, 0.3) is 0 Å². The van der Waals surface area contributed by atoms with Crippen LogP contribution in [0.1, 0.15) is 17.2 Å². The molecule has 0 aliphatic carbocycles. The largest absolute Gasteiger partial charge is 0.388 e. The van der Waals surface area contributed by atoms with E-state index in [0.717, 1.165) is 5.56 Å². The van der Waals surface area contributed by atoms with E-state index in [1.807, 2.05) is 0 Å². The molecule has 0 radical (unpaired) electrons. The Balaban J connectivity index is 2.22. The van der Waals surface area contributed by atoms with E-state index in [1.54, 1.807) is 24.3 Å². The van der Waals surface area contributed by atoms with E-state index >= 15 is 0 Å². The number of rotatable bonds is 3. The first-order valence-corrected chi connectivity index (χ1v) is 7.09. The zero-order chi connectivity index (χ0) is 14.0. The van der Waals surface area contributed by atoms with Gasteiger partial charge < -0.3 is 5.11 Å². The van der Waals surface area contributed by atoms with Crippen LogP contribution in [0.25, 0.3) is 0 Å². The van der Waals surface area contributed by atoms with Crippen LogP contribution in [0.5, 0.6) is 0 Å². The molecule has 1 N–H and O–H groups in total. The fourth-order valence-corrected chi connectivity index (χ4v) is 2.60. The summed E-state index contributed by atoms with van der Waals surface area (Å²) < 4.78 is 13.9. The van der Waals surface area contributed by atoms with Crippen LogP contribution < -0.4 is 0 Å². The molecule has 1 unspecified atom stereocenters. The SMILES string of the molecule is OC(Cc1ccc(Cl)c(Cl)c1)c1cc(F)ccc1Br. The van der Waals surface area contributed by atoms with Gasteiger partial charge in [0.2, 0.25) is 0 Å². The molecule has 0 bridgehead atoms. The standard InChI is InChI=1S/C14H10BrCl2FO/c15-11-3-2-9(18)7-10(11)14(19)6-8-1-4-12(16)13(17)5-8/h1-5,7,14,19H,6H2. The summed E-state index contributed by atoms with van der Waals surface area (Å²) in [4.78, 5) is 0. The summed E-state index contributed by atoms with van der Waals surface area (Å²) in [5.74, 6) is -0.383. The lowest BCUT2D eigenvalue weighted by Gasteiger charge is -2.13. The molecule has 0 heterocycles. The van der Waals surface area contributed by atoms with Gasteiger partial charge in [-0.05, 0) is 41.5 Å². The highest BCUT2D eigenvalue weighted by Gasteiger charge is 2.13. The summed E-state index contributed by atoms with van der Waals surface area (Å²) in [5, 5.41) is 11.1. The van der Waals surface area contributed by atoms with Gasteiger partial charge in [0.05, 0.1) is 16.1 Å². The third-order valence-corrected chi connectivity index (χ3v) is 4.19. The lowest BCUT2D eigenvalue weighted by molar-refractivity contribution is 0.177. The Hall–Kier alpha value is -0.610. The molecule has 19 heavy (non-hydrogen) atoms. The smallest absolute Gasteiger partial charge is 0.123 e. The second kappa shape index (κ2) is 6.23. The van der Waals surface area contributed by atoms with Gasteiger partial charge in [-0.25, -0.2) is 4.39 Å². The van der Waals surface area contributed by atoms with Crippen molar-refractivity contribution in [3.05, 3.63) is 67.9 Å². The van der Waals surface area contributed by atoms with Crippen molar-refractivity contribution < 1.29 is 9.50 Å². The van der Waals surface area contributed by atoms with Crippen LogP contribution in [0.15, 0.2) is 40.9 Å². The molecular formula is C14H10BrCl2FO. The van der Waals surface area contributed by atoms with Crippen LogP contribution in [0.4, 0.5) is 4.39 Å². The van der Waals surface area contributed by atoms with E-state index in [4.69, 9.17) is 23.2 Å². The molecule has 0 saturated heterocycles. The van der Waals surface area contributed by atoms with Gasteiger partial charge in [-0.15, -0.1) is 0 Å². The average molecular weight is 364 g/mol. The highest BCUT2D eigenvalue weighted by Crippen LogP contribution is 2.29. The van der Waals surface area contributed by atoms with Gasteiger partial charge in [0.15, 0.2) is 0 Å². The molecule has 0 aliphatic rings. The lowest BCUT2D eigenvalue weighted by atomic mass is 10.0. The zero-order valence-electron chi connectivity index (χ0n) is 9.71. The summed E-state index contributed by atoms with van der Waals surface area (Å²) in [6.45, 7) is 0. The quantitative estimate of drug-likeness (QED) is 0.797. The first-order valence-electron chi connectivity index (χ1n) is 5.54. The van der Waals surface area contributed by atoms with Crippen molar-refractivity contribution in [2.24, 2.45) is 0 Å². The van der Waals surface area contributed by atoms with E-state index in [9.17, 15) is 9.50 Å². The molecule has 0 spiro atoms. The maximum atomic E-state index is 13.2. The Labute approximate surface area is 129 Å². The van der Waals surface area contributed by atoms with E-state index in [-0.39, 0.29) is 5.82 Å². The molecule has 0 saturated carbocycles. The monoisotopic (exact) mass is 362 g/mol. The molecule has 1 atom stereocenters. The third-order valence-electron chi connectivity index (χ3n) is 2.73. The highest BCUT2D eigenvalue weighted by atomic mass is 79.9. The summed E-state index contributed by atoms with van der Waals surface area (Å²) in [7, 11) is 0. The van der Waals surface area contributed by atoms with Gasteiger partial charge in [-0.1, -0.05) is 45.2 Å². The second-order valence-electron chi connectivity index (χ2n) is 4.13. The van der Waals surface area contributed by atoms with Gasteiger partial charge in [0.1, 0.15) is 5.82 Å². The Morgan fingerprint density at radius 1 is 1.11 bits per heavy atom. The number of hydrogen-bond acceptors (Lipinski definition) is 1. The lowest BCUT2D eigenvalue weighted by Crippen LogP contribution is -2.03. The molecular weight excluding hydrogens is 354 g/mol. The molecule has 2 aromatic carbocycles. The Morgan fingerprint density at radius 3 is 2.53 bits per heavy atom.